The maximum atomic E-state index is 10.8. The molecule has 0 aliphatic carbocycles. The van der Waals surface area contributed by atoms with Gasteiger partial charge in [-0.15, -0.1) is 0 Å². The van der Waals surface area contributed by atoms with Crippen LogP contribution in [0.1, 0.15) is 11.1 Å². The van der Waals surface area contributed by atoms with Crippen molar-refractivity contribution in [2.75, 3.05) is 0 Å². The predicted octanol–water partition coefficient (Wildman–Crippen LogP) is 2.92. The van der Waals surface area contributed by atoms with Gasteiger partial charge >= 0.3 is 0 Å². The summed E-state index contributed by atoms with van der Waals surface area (Å²) in [6.45, 7) is 3.56. The summed E-state index contributed by atoms with van der Waals surface area (Å²) in [6, 6.07) is 10.8. The van der Waals surface area contributed by atoms with E-state index in [0.717, 1.165) is 0 Å². The van der Waals surface area contributed by atoms with Crippen LogP contribution in [0.15, 0.2) is 61.2 Å². The fraction of sp³-hybridized carbons (Fsp3) is 0.0667. The average Bonchev–Trinajstić information content (AvgIpc) is 2.54. The summed E-state index contributed by atoms with van der Waals surface area (Å²) in [5.41, 5.74) is -1.38. The lowest BCUT2D eigenvalue weighted by molar-refractivity contribution is -0.385. The Morgan fingerprint density at radius 3 is 2.05 bits per heavy atom. The normalized spacial score (nSPS) is 13.1. The van der Waals surface area contributed by atoms with Crippen LogP contribution in [0.2, 0.25) is 0 Å². The Morgan fingerprint density at radius 2 is 1.55 bits per heavy atom. The number of rotatable bonds is 5. The van der Waals surface area contributed by atoms with Crippen molar-refractivity contribution in [3.63, 3.8) is 0 Å². The minimum atomic E-state index is -1.68. The van der Waals surface area contributed by atoms with Crippen LogP contribution in [0.5, 0.6) is 0 Å². The van der Waals surface area contributed by atoms with Gasteiger partial charge in [-0.3, -0.25) is 20.2 Å². The fourth-order valence-corrected chi connectivity index (χ4v) is 2.10. The summed E-state index contributed by atoms with van der Waals surface area (Å²) in [5.74, 6) is 0. The van der Waals surface area contributed by atoms with Crippen LogP contribution >= 0.6 is 0 Å². The molecule has 2 aromatic rings. The van der Waals surface area contributed by atoms with Gasteiger partial charge in [0, 0.05) is 24.3 Å². The molecule has 2 rings (SSSR count). The summed E-state index contributed by atoms with van der Waals surface area (Å²) in [7, 11) is 0. The van der Waals surface area contributed by atoms with Crippen molar-refractivity contribution in [1.82, 2.24) is 0 Å². The largest absolute Gasteiger partial charge is 0.377 e. The number of nitrogens with zero attached hydrogens (tertiary/aromatic N) is 2. The molecule has 1 atom stereocenters. The third kappa shape index (κ3) is 2.70. The Morgan fingerprint density at radius 1 is 0.955 bits per heavy atom. The zero-order valence-electron chi connectivity index (χ0n) is 11.4. The fourth-order valence-electron chi connectivity index (χ4n) is 2.10. The number of nitro groups is 2. The molecule has 22 heavy (non-hydrogen) atoms. The van der Waals surface area contributed by atoms with E-state index in [9.17, 15) is 25.3 Å². The second-order valence-electron chi connectivity index (χ2n) is 4.58. The molecule has 1 N–H and O–H groups in total. The Hall–Kier alpha value is -3.06. The van der Waals surface area contributed by atoms with Crippen molar-refractivity contribution in [2.24, 2.45) is 0 Å². The summed E-state index contributed by atoms with van der Waals surface area (Å²) in [6.07, 6.45) is 1.23. The van der Waals surface area contributed by atoms with Gasteiger partial charge in [0.1, 0.15) is 5.60 Å². The zero-order valence-corrected chi connectivity index (χ0v) is 11.4. The number of hydrogen-bond donors (Lipinski definition) is 1. The highest BCUT2D eigenvalue weighted by Crippen LogP contribution is 2.33. The van der Waals surface area contributed by atoms with Gasteiger partial charge in [-0.25, -0.2) is 0 Å². The van der Waals surface area contributed by atoms with Gasteiger partial charge in [-0.1, -0.05) is 24.8 Å². The molecule has 0 fully saturated rings. The molecule has 0 radical (unpaired) electrons. The summed E-state index contributed by atoms with van der Waals surface area (Å²) < 4.78 is 0. The lowest BCUT2D eigenvalue weighted by Crippen LogP contribution is -2.24. The molecular weight excluding hydrogens is 288 g/mol. The van der Waals surface area contributed by atoms with E-state index in [2.05, 4.69) is 6.58 Å². The van der Waals surface area contributed by atoms with Crippen LogP contribution < -0.4 is 0 Å². The predicted molar refractivity (Wildman–Crippen MR) is 79.4 cm³/mol. The van der Waals surface area contributed by atoms with Crippen LogP contribution in [-0.2, 0) is 5.60 Å². The lowest BCUT2D eigenvalue weighted by atomic mass is 9.86. The van der Waals surface area contributed by atoms with E-state index in [1.54, 1.807) is 0 Å². The Bertz CT molecular complexity index is 742. The van der Waals surface area contributed by atoms with Gasteiger partial charge in [-0.05, 0) is 23.3 Å². The molecule has 2 aromatic carbocycles. The van der Waals surface area contributed by atoms with E-state index < -0.39 is 15.4 Å². The summed E-state index contributed by atoms with van der Waals surface area (Å²) in [5, 5.41) is 32.3. The number of non-ortho nitro benzene ring substituents is 2. The molecule has 0 spiro atoms. The maximum Gasteiger partial charge on any atom is 0.269 e. The first-order valence-corrected chi connectivity index (χ1v) is 6.24. The van der Waals surface area contributed by atoms with E-state index in [1.807, 2.05) is 0 Å². The minimum absolute atomic E-state index is 0.116. The molecule has 0 amide bonds. The quantitative estimate of drug-likeness (QED) is 0.519. The molecule has 0 saturated heterocycles. The zero-order chi connectivity index (χ0) is 16.3. The Labute approximate surface area is 125 Å². The van der Waals surface area contributed by atoms with E-state index in [1.165, 1.54) is 54.6 Å². The molecule has 0 aliphatic heterocycles. The molecule has 112 valence electrons. The van der Waals surface area contributed by atoms with Crippen molar-refractivity contribution in [3.05, 3.63) is 92.5 Å². The highest BCUT2D eigenvalue weighted by molar-refractivity contribution is 5.47. The molecule has 1 unspecified atom stereocenters. The molecular formula is C15H12N2O5. The maximum absolute atomic E-state index is 10.8. The van der Waals surface area contributed by atoms with Gasteiger partial charge < -0.3 is 5.11 Å². The van der Waals surface area contributed by atoms with Crippen molar-refractivity contribution in [3.8, 4) is 0 Å². The molecule has 0 aromatic heterocycles. The van der Waals surface area contributed by atoms with Crippen LogP contribution in [0.3, 0.4) is 0 Å². The van der Waals surface area contributed by atoms with Gasteiger partial charge in [-0.2, -0.15) is 0 Å². The average molecular weight is 300 g/mol. The standard InChI is InChI=1S/C15H12N2O5/c1-2-15(18,11-6-8-13(9-7-11)16(19)20)12-4-3-5-14(10-12)17(21)22/h2-10,18H,1H2. The van der Waals surface area contributed by atoms with E-state index >= 15 is 0 Å². The second-order valence-corrected chi connectivity index (χ2v) is 4.58. The van der Waals surface area contributed by atoms with Crippen LogP contribution in [0, 0.1) is 20.2 Å². The molecule has 0 bridgehead atoms. The smallest absolute Gasteiger partial charge is 0.269 e. The first-order valence-electron chi connectivity index (χ1n) is 6.24. The van der Waals surface area contributed by atoms with Gasteiger partial charge in [0.05, 0.1) is 9.85 Å². The number of hydrogen-bond acceptors (Lipinski definition) is 5. The summed E-state index contributed by atoms with van der Waals surface area (Å²) in [4.78, 5) is 20.4. The lowest BCUT2D eigenvalue weighted by Gasteiger charge is -2.25. The first kappa shape index (κ1) is 15.3. The van der Waals surface area contributed by atoms with Gasteiger partial charge in [0.25, 0.3) is 11.4 Å². The monoisotopic (exact) mass is 300 g/mol. The third-order valence-corrected chi connectivity index (χ3v) is 3.31. The Kier molecular flexibility index (Phi) is 4.00. The molecule has 0 saturated carbocycles. The van der Waals surface area contributed by atoms with E-state index in [0.29, 0.717) is 5.56 Å². The SMILES string of the molecule is C=CC(O)(c1ccc([N+](=O)[O-])cc1)c1cccc([N+](=O)[O-])c1. The van der Waals surface area contributed by atoms with Crippen LogP contribution in [0.25, 0.3) is 0 Å². The van der Waals surface area contributed by atoms with Crippen LogP contribution in [-0.4, -0.2) is 15.0 Å². The second kappa shape index (κ2) is 5.74. The molecule has 7 nitrogen and oxygen atoms in total. The first-order chi connectivity index (χ1) is 10.4. The highest BCUT2D eigenvalue weighted by atomic mass is 16.6. The minimum Gasteiger partial charge on any atom is -0.377 e. The van der Waals surface area contributed by atoms with Crippen molar-refractivity contribution in [2.45, 2.75) is 5.60 Å². The highest BCUT2D eigenvalue weighted by Gasteiger charge is 2.29. The molecule has 7 heteroatoms. The number of benzene rings is 2. The molecule has 0 aliphatic rings. The van der Waals surface area contributed by atoms with Crippen molar-refractivity contribution < 1.29 is 15.0 Å². The van der Waals surface area contributed by atoms with Gasteiger partial charge in [0.2, 0.25) is 0 Å². The number of aliphatic hydroxyl groups is 1. The van der Waals surface area contributed by atoms with E-state index in [4.69, 9.17) is 0 Å². The van der Waals surface area contributed by atoms with Crippen molar-refractivity contribution in [1.29, 1.82) is 0 Å². The number of nitro benzene ring substituents is 2. The third-order valence-electron chi connectivity index (χ3n) is 3.31. The molecule has 0 heterocycles. The Balaban J connectivity index is 2.52. The van der Waals surface area contributed by atoms with Crippen molar-refractivity contribution >= 4 is 11.4 Å². The topological polar surface area (TPSA) is 107 Å². The van der Waals surface area contributed by atoms with Gasteiger partial charge in [0.15, 0.2) is 0 Å². The summed E-state index contributed by atoms with van der Waals surface area (Å²) >= 11 is 0. The van der Waals surface area contributed by atoms with Crippen LogP contribution in [0.4, 0.5) is 11.4 Å². The van der Waals surface area contributed by atoms with E-state index in [-0.39, 0.29) is 16.9 Å².